The average Bonchev–Trinajstić information content (AvgIpc) is 2.91. The Labute approximate surface area is 129 Å². The molecule has 4 heteroatoms. The van der Waals surface area contributed by atoms with Crippen LogP contribution in [0.1, 0.15) is 48.2 Å². The quantitative estimate of drug-likeness (QED) is 0.921. The van der Waals surface area contributed by atoms with Crippen molar-refractivity contribution in [1.82, 2.24) is 4.98 Å². The van der Waals surface area contributed by atoms with E-state index in [0.29, 0.717) is 0 Å². The van der Waals surface area contributed by atoms with Crippen molar-refractivity contribution in [2.24, 2.45) is 0 Å². The highest BCUT2D eigenvalue weighted by atomic mass is 32.1. The van der Waals surface area contributed by atoms with Gasteiger partial charge in [-0.05, 0) is 37.7 Å². The van der Waals surface area contributed by atoms with Crippen LogP contribution in [0.4, 0.5) is 5.13 Å². The highest BCUT2D eigenvalue weighted by Gasteiger charge is 2.21. The molecule has 2 aromatic rings. The molecule has 21 heavy (non-hydrogen) atoms. The first kappa shape index (κ1) is 14.3. The molecule has 110 valence electrons. The molecule has 3 rings (SSSR count). The van der Waals surface area contributed by atoms with E-state index in [9.17, 15) is 4.79 Å². The smallest absolute Gasteiger partial charge is 0.233 e. The Morgan fingerprint density at radius 3 is 2.76 bits per heavy atom. The van der Waals surface area contributed by atoms with Crippen molar-refractivity contribution < 1.29 is 4.79 Å². The molecule has 3 nitrogen and oxygen atoms in total. The molecule has 0 radical (unpaired) electrons. The van der Waals surface area contributed by atoms with Crippen molar-refractivity contribution in [2.75, 3.05) is 5.32 Å². The van der Waals surface area contributed by atoms with Gasteiger partial charge in [0.25, 0.3) is 0 Å². The van der Waals surface area contributed by atoms with Crippen LogP contribution in [0.2, 0.25) is 0 Å². The van der Waals surface area contributed by atoms with E-state index in [2.05, 4.69) is 10.3 Å². The zero-order valence-electron chi connectivity index (χ0n) is 12.3. The molecule has 0 saturated heterocycles. The molecule has 1 aliphatic carbocycles. The van der Waals surface area contributed by atoms with E-state index in [1.165, 1.54) is 23.4 Å². The topological polar surface area (TPSA) is 42.0 Å². The van der Waals surface area contributed by atoms with Crippen molar-refractivity contribution in [2.45, 2.75) is 44.9 Å². The second-order valence-corrected chi connectivity index (χ2v) is 6.54. The van der Waals surface area contributed by atoms with Gasteiger partial charge in [-0.1, -0.05) is 37.3 Å². The lowest BCUT2D eigenvalue weighted by Crippen LogP contribution is -2.20. The van der Waals surface area contributed by atoms with E-state index in [1.807, 2.05) is 37.3 Å². The maximum Gasteiger partial charge on any atom is 0.233 e. The molecule has 1 aromatic heterocycles. The van der Waals surface area contributed by atoms with E-state index >= 15 is 0 Å². The molecule has 0 saturated carbocycles. The Hall–Kier alpha value is -1.68. The zero-order chi connectivity index (χ0) is 14.7. The molecule has 0 bridgehead atoms. The fourth-order valence-electron chi connectivity index (χ4n) is 2.86. The minimum Gasteiger partial charge on any atom is -0.301 e. The number of thiazole rings is 1. The number of carbonyl (C=O) groups is 1. The number of benzene rings is 1. The zero-order valence-corrected chi connectivity index (χ0v) is 13.1. The number of amides is 1. The summed E-state index contributed by atoms with van der Waals surface area (Å²) in [5.41, 5.74) is 2.26. The fraction of sp³-hybridized carbons (Fsp3) is 0.412. The van der Waals surface area contributed by atoms with Gasteiger partial charge in [0.05, 0.1) is 11.6 Å². The summed E-state index contributed by atoms with van der Waals surface area (Å²) in [4.78, 5) is 18.5. The Bertz CT molecular complexity index is 597. The number of nitrogens with zero attached hydrogens (tertiary/aromatic N) is 1. The number of carbonyl (C=O) groups excluding carboxylic acids is 1. The summed E-state index contributed by atoms with van der Waals surface area (Å²) in [6.07, 6.45) is 5.41. The first-order valence-corrected chi connectivity index (χ1v) is 8.44. The average molecular weight is 300 g/mol. The monoisotopic (exact) mass is 300 g/mol. The SMILES string of the molecule is CC[C@H](C(=O)Nc1nc2c(s1)CCCC2)c1ccccc1. The van der Waals surface area contributed by atoms with Gasteiger partial charge < -0.3 is 5.32 Å². The highest BCUT2D eigenvalue weighted by Crippen LogP contribution is 2.30. The normalized spacial score (nSPS) is 15.3. The van der Waals surface area contributed by atoms with Crippen LogP contribution in [0, 0.1) is 0 Å². The van der Waals surface area contributed by atoms with Crippen LogP contribution in [0.25, 0.3) is 0 Å². The number of aryl methyl sites for hydroxylation is 2. The molecule has 1 atom stereocenters. The maximum atomic E-state index is 12.5. The third kappa shape index (κ3) is 3.16. The lowest BCUT2D eigenvalue weighted by molar-refractivity contribution is -0.117. The van der Waals surface area contributed by atoms with Crippen LogP contribution in [0.15, 0.2) is 30.3 Å². The van der Waals surface area contributed by atoms with Crippen LogP contribution >= 0.6 is 11.3 Å². The summed E-state index contributed by atoms with van der Waals surface area (Å²) in [6.45, 7) is 2.05. The third-order valence-corrected chi connectivity index (χ3v) is 5.08. The molecule has 0 unspecified atom stereocenters. The Morgan fingerprint density at radius 1 is 1.29 bits per heavy atom. The molecule has 1 N–H and O–H groups in total. The molecule has 1 heterocycles. The molecule has 0 aliphatic heterocycles. The second kappa shape index (κ2) is 6.39. The van der Waals surface area contributed by atoms with Gasteiger partial charge in [-0.25, -0.2) is 4.98 Å². The van der Waals surface area contributed by atoms with E-state index in [1.54, 1.807) is 11.3 Å². The largest absolute Gasteiger partial charge is 0.301 e. The summed E-state index contributed by atoms with van der Waals surface area (Å²) >= 11 is 1.64. The molecule has 0 fully saturated rings. The van der Waals surface area contributed by atoms with Crippen molar-refractivity contribution in [3.63, 3.8) is 0 Å². The number of hydrogen-bond acceptors (Lipinski definition) is 3. The van der Waals surface area contributed by atoms with Gasteiger partial charge in [-0.2, -0.15) is 0 Å². The molecule has 1 aromatic carbocycles. The van der Waals surface area contributed by atoms with Gasteiger partial charge in [0.1, 0.15) is 0 Å². The first-order valence-electron chi connectivity index (χ1n) is 7.62. The van der Waals surface area contributed by atoms with E-state index in [-0.39, 0.29) is 11.8 Å². The maximum absolute atomic E-state index is 12.5. The fourth-order valence-corrected chi connectivity index (χ4v) is 3.91. The number of anilines is 1. The molecule has 1 amide bonds. The standard InChI is InChI=1S/C17H20N2OS/c1-2-13(12-8-4-3-5-9-12)16(20)19-17-18-14-10-6-7-11-15(14)21-17/h3-5,8-9,13H,2,6-7,10-11H2,1H3,(H,18,19,20)/t13-/m0/s1. The summed E-state index contributed by atoms with van der Waals surface area (Å²) in [6, 6.07) is 9.96. The van der Waals surface area contributed by atoms with Crippen LogP contribution in [0.3, 0.4) is 0 Å². The van der Waals surface area contributed by atoms with Crippen molar-refractivity contribution in [3.8, 4) is 0 Å². The van der Waals surface area contributed by atoms with Crippen LogP contribution in [0.5, 0.6) is 0 Å². The lowest BCUT2D eigenvalue weighted by Gasteiger charge is -2.14. The minimum absolute atomic E-state index is 0.0507. The Balaban J connectivity index is 1.74. The summed E-state index contributed by atoms with van der Waals surface area (Å²) in [5.74, 6) is -0.0538. The summed E-state index contributed by atoms with van der Waals surface area (Å²) in [5, 5.41) is 3.78. The second-order valence-electron chi connectivity index (χ2n) is 5.46. The van der Waals surface area contributed by atoms with Crippen molar-refractivity contribution >= 4 is 22.4 Å². The number of nitrogens with one attached hydrogen (secondary N) is 1. The predicted octanol–water partition coefficient (Wildman–Crippen LogP) is 4.15. The van der Waals surface area contributed by atoms with Crippen molar-refractivity contribution in [3.05, 3.63) is 46.5 Å². The van der Waals surface area contributed by atoms with Gasteiger partial charge in [0.2, 0.25) is 5.91 Å². The molecule has 0 spiro atoms. The van der Waals surface area contributed by atoms with Gasteiger partial charge in [0, 0.05) is 4.88 Å². The van der Waals surface area contributed by atoms with Gasteiger partial charge in [-0.15, -0.1) is 11.3 Å². The highest BCUT2D eigenvalue weighted by molar-refractivity contribution is 7.15. The molecule has 1 aliphatic rings. The number of hydrogen-bond donors (Lipinski definition) is 1. The molecular weight excluding hydrogens is 280 g/mol. The van der Waals surface area contributed by atoms with Crippen LogP contribution in [-0.4, -0.2) is 10.9 Å². The summed E-state index contributed by atoms with van der Waals surface area (Å²) in [7, 11) is 0. The number of rotatable bonds is 4. The number of fused-ring (bicyclic) bond motifs is 1. The summed E-state index contributed by atoms with van der Waals surface area (Å²) < 4.78 is 0. The Kier molecular flexibility index (Phi) is 4.34. The van der Waals surface area contributed by atoms with Gasteiger partial charge in [-0.3, -0.25) is 4.79 Å². The predicted molar refractivity (Wildman–Crippen MR) is 86.9 cm³/mol. The first-order chi connectivity index (χ1) is 10.3. The van der Waals surface area contributed by atoms with Gasteiger partial charge >= 0.3 is 0 Å². The Morgan fingerprint density at radius 2 is 2.05 bits per heavy atom. The van der Waals surface area contributed by atoms with E-state index < -0.39 is 0 Å². The molecular formula is C17H20N2OS. The lowest BCUT2D eigenvalue weighted by atomic mass is 9.96. The van der Waals surface area contributed by atoms with E-state index in [4.69, 9.17) is 0 Å². The van der Waals surface area contributed by atoms with Crippen LogP contribution < -0.4 is 5.32 Å². The van der Waals surface area contributed by atoms with Gasteiger partial charge in [0.15, 0.2) is 5.13 Å². The van der Waals surface area contributed by atoms with Crippen LogP contribution in [-0.2, 0) is 17.6 Å². The van der Waals surface area contributed by atoms with E-state index in [0.717, 1.165) is 30.0 Å². The number of aromatic nitrogens is 1. The minimum atomic E-state index is -0.105. The van der Waals surface area contributed by atoms with Crippen molar-refractivity contribution in [1.29, 1.82) is 0 Å². The third-order valence-electron chi connectivity index (χ3n) is 4.00.